The number of fused-ring (bicyclic) bond motifs is 1. The largest absolute Gasteiger partial charge is 0.480 e. The Bertz CT molecular complexity index is 1670. The molecule has 0 unspecified atom stereocenters. The lowest BCUT2D eigenvalue weighted by Gasteiger charge is -2.28. The number of carboxylic acid groups (broad SMARTS) is 1. The van der Waals surface area contributed by atoms with Crippen LogP contribution in [0.25, 0.3) is 10.9 Å². The van der Waals surface area contributed by atoms with Crippen molar-refractivity contribution >= 4 is 28.7 Å². The van der Waals surface area contributed by atoms with Crippen LogP contribution in [0.15, 0.2) is 94.5 Å². The SMILES string of the molecule is CC[C@H](C)[C@H](NC(=O)[C@H](Cc1ccccc1)n1c(=O)[nH]c2ccccc2c1=O)C(=O)N[C@@H](Cc1ccccc1)C(=O)O. The molecule has 0 aliphatic rings. The van der Waals surface area contributed by atoms with Gasteiger partial charge in [-0.1, -0.05) is 93.1 Å². The van der Waals surface area contributed by atoms with Gasteiger partial charge in [-0.05, 0) is 29.2 Å². The van der Waals surface area contributed by atoms with Gasteiger partial charge in [0.1, 0.15) is 18.1 Å². The van der Waals surface area contributed by atoms with Crippen LogP contribution in [0.1, 0.15) is 37.4 Å². The number of nitrogens with one attached hydrogen (secondary N) is 3. The molecule has 4 N–H and O–H groups in total. The van der Waals surface area contributed by atoms with Crippen LogP contribution in [0.4, 0.5) is 0 Å². The van der Waals surface area contributed by atoms with Crippen molar-refractivity contribution in [2.45, 2.75) is 51.2 Å². The molecule has 218 valence electrons. The number of carbonyl (C=O) groups is 3. The minimum Gasteiger partial charge on any atom is -0.480 e. The molecule has 0 saturated heterocycles. The summed E-state index contributed by atoms with van der Waals surface area (Å²) in [5.74, 6) is -2.97. The fourth-order valence-corrected chi connectivity index (χ4v) is 4.86. The molecule has 0 fully saturated rings. The van der Waals surface area contributed by atoms with E-state index in [-0.39, 0.29) is 24.1 Å². The monoisotopic (exact) mass is 570 g/mol. The molecular weight excluding hydrogens is 536 g/mol. The molecule has 1 heterocycles. The Balaban J connectivity index is 1.67. The zero-order valence-electron chi connectivity index (χ0n) is 23.4. The van der Waals surface area contributed by atoms with Crippen LogP contribution in [0.2, 0.25) is 0 Å². The number of carboxylic acids is 1. The maximum Gasteiger partial charge on any atom is 0.329 e. The average molecular weight is 571 g/mol. The molecule has 4 atom stereocenters. The number of nitrogens with zero attached hydrogens (tertiary/aromatic N) is 1. The molecule has 0 aliphatic heterocycles. The first-order valence-corrected chi connectivity index (χ1v) is 13.8. The van der Waals surface area contributed by atoms with Crippen molar-refractivity contribution in [1.82, 2.24) is 20.2 Å². The van der Waals surface area contributed by atoms with Gasteiger partial charge < -0.3 is 20.7 Å². The zero-order chi connectivity index (χ0) is 30.2. The predicted molar refractivity (Wildman–Crippen MR) is 159 cm³/mol. The van der Waals surface area contributed by atoms with Gasteiger partial charge >= 0.3 is 11.7 Å². The average Bonchev–Trinajstić information content (AvgIpc) is 2.99. The summed E-state index contributed by atoms with van der Waals surface area (Å²) in [5, 5.41) is 15.4. The van der Waals surface area contributed by atoms with E-state index in [0.717, 1.165) is 10.1 Å². The van der Waals surface area contributed by atoms with E-state index in [1.165, 1.54) is 0 Å². The Morgan fingerprint density at radius 3 is 1.98 bits per heavy atom. The molecule has 0 bridgehead atoms. The molecule has 10 heteroatoms. The number of para-hydroxylation sites is 1. The Morgan fingerprint density at radius 2 is 1.38 bits per heavy atom. The maximum absolute atomic E-state index is 13.9. The molecule has 10 nitrogen and oxygen atoms in total. The number of amides is 2. The van der Waals surface area contributed by atoms with Crippen LogP contribution in [-0.2, 0) is 27.2 Å². The number of aliphatic carboxylic acids is 1. The van der Waals surface area contributed by atoms with E-state index in [9.17, 15) is 29.1 Å². The molecule has 2 amide bonds. The highest BCUT2D eigenvalue weighted by Crippen LogP contribution is 2.16. The van der Waals surface area contributed by atoms with E-state index in [1.54, 1.807) is 79.7 Å². The summed E-state index contributed by atoms with van der Waals surface area (Å²) < 4.78 is 0.881. The van der Waals surface area contributed by atoms with Gasteiger partial charge in [-0.15, -0.1) is 0 Å². The minimum atomic E-state index is -1.28. The summed E-state index contributed by atoms with van der Waals surface area (Å²) in [6, 6.07) is 20.7. The molecular formula is C32H34N4O6. The van der Waals surface area contributed by atoms with Crippen molar-refractivity contribution in [2.24, 2.45) is 5.92 Å². The Morgan fingerprint density at radius 1 is 0.810 bits per heavy atom. The van der Waals surface area contributed by atoms with Crippen molar-refractivity contribution in [3.05, 3.63) is 117 Å². The van der Waals surface area contributed by atoms with Gasteiger partial charge in [-0.25, -0.2) is 14.2 Å². The second-order valence-electron chi connectivity index (χ2n) is 10.3. The minimum absolute atomic E-state index is 0.00854. The second-order valence-corrected chi connectivity index (χ2v) is 10.3. The number of H-pyrrole nitrogens is 1. The van der Waals surface area contributed by atoms with Gasteiger partial charge in [0.15, 0.2) is 0 Å². The lowest BCUT2D eigenvalue weighted by Crippen LogP contribution is -2.56. The number of rotatable bonds is 12. The highest BCUT2D eigenvalue weighted by Gasteiger charge is 2.33. The number of hydrogen-bond donors (Lipinski definition) is 4. The van der Waals surface area contributed by atoms with Crippen molar-refractivity contribution in [1.29, 1.82) is 0 Å². The fraction of sp³-hybridized carbons (Fsp3) is 0.281. The number of aromatic amines is 1. The van der Waals surface area contributed by atoms with Crippen molar-refractivity contribution in [3.8, 4) is 0 Å². The third-order valence-electron chi connectivity index (χ3n) is 7.41. The van der Waals surface area contributed by atoms with E-state index in [0.29, 0.717) is 17.5 Å². The first-order chi connectivity index (χ1) is 20.2. The van der Waals surface area contributed by atoms with Gasteiger partial charge in [0.2, 0.25) is 11.8 Å². The molecule has 4 rings (SSSR count). The second kappa shape index (κ2) is 13.6. The van der Waals surface area contributed by atoms with E-state index in [1.807, 2.05) is 19.1 Å². The van der Waals surface area contributed by atoms with Gasteiger partial charge in [0.05, 0.1) is 10.9 Å². The Hall–Kier alpha value is -4.99. The van der Waals surface area contributed by atoms with Crippen LogP contribution in [0.3, 0.4) is 0 Å². The van der Waals surface area contributed by atoms with Gasteiger partial charge in [0.25, 0.3) is 5.56 Å². The van der Waals surface area contributed by atoms with Crippen LogP contribution >= 0.6 is 0 Å². The van der Waals surface area contributed by atoms with E-state index < -0.39 is 47.2 Å². The molecule has 0 saturated carbocycles. The van der Waals surface area contributed by atoms with Crippen LogP contribution in [0.5, 0.6) is 0 Å². The maximum atomic E-state index is 13.9. The summed E-state index contributed by atoms with van der Waals surface area (Å²) in [4.78, 5) is 68.8. The first-order valence-electron chi connectivity index (χ1n) is 13.8. The van der Waals surface area contributed by atoms with Gasteiger partial charge in [0, 0.05) is 12.8 Å². The molecule has 3 aromatic carbocycles. The van der Waals surface area contributed by atoms with Crippen molar-refractivity contribution in [2.75, 3.05) is 0 Å². The molecule has 0 spiro atoms. The quantitative estimate of drug-likeness (QED) is 0.206. The zero-order valence-corrected chi connectivity index (χ0v) is 23.4. The van der Waals surface area contributed by atoms with Gasteiger partial charge in [-0.2, -0.15) is 0 Å². The molecule has 0 radical (unpaired) electrons. The highest BCUT2D eigenvalue weighted by atomic mass is 16.4. The van der Waals surface area contributed by atoms with Crippen LogP contribution < -0.4 is 21.9 Å². The van der Waals surface area contributed by atoms with Crippen molar-refractivity contribution in [3.63, 3.8) is 0 Å². The predicted octanol–water partition coefficient (Wildman–Crippen LogP) is 2.82. The fourth-order valence-electron chi connectivity index (χ4n) is 4.86. The molecule has 42 heavy (non-hydrogen) atoms. The van der Waals surface area contributed by atoms with Gasteiger partial charge in [-0.3, -0.25) is 14.4 Å². The number of benzene rings is 3. The number of aromatic nitrogens is 2. The summed E-state index contributed by atoms with van der Waals surface area (Å²) in [7, 11) is 0. The lowest BCUT2D eigenvalue weighted by molar-refractivity contribution is -0.142. The number of hydrogen-bond acceptors (Lipinski definition) is 5. The third-order valence-corrected chi connectivity index (χ3v) is 7.41. The summed E-state index contributed by atoms with van der Waals surface area (Å²) >= 11 is 0. The Labute approximate surface area is 242 Å². The number of carbonyl (C=O) groups excluding carboxylic acids is 2. The topological polar surface area (TPSA) is 150 Å². The van der Waals surface area contributed by atoms with Crippen LogP contribution in [0, 0.1) is 5.92 Å². The van der Waals surface area contributed by atoms with E-state index >= 15 is 0 Å². The highest BCUT2D eigenvalue weighted by molar-refractivity contribution is 5.92. The normalized spacial score (nSPS) is 14.0. The van der Waals surface area contributed by atoms with Crippen LogP contribution in [-0.4, -0.2) is 44.5 Å². The first kappa shape index (κ1) is 30.0. The lowest BCUT2D eigenvalue weighted by atomic mass is 9.96. The smallest absolute Gasteiger partial charge is 0.329 e. The molecule has 4 aromatic rings. The summed E-state index contributed by atoms with van der Waals surface area (Å²) in [6.45, 7) is 3.61. The molecule has 0 aliphatic carbocycles. The summed E-state index contributed by atoms with van der Waals surface area (Å²) in [5.41, 5.74) is 0.386. The van der Waals surface area contributed by atoms with Crippen molar-refractivity contribution < 1.29 is 19.5 Å². The summed E-state index contributed by atoms with van der Waals surface area (Å²) in [6.07, 6.45) is 0.560. The van der Waals surface area contributed by atoms with E-state index in [2.05, 4.69) is 15.6 Å². The standard InChI is InChI=1S/C32H34N4O6/c1-3-20(2)27(29(38)33-25(31(40)41)18-21-12-6-4-7-13-21)35-28(37)26(19-22-14-8-5-9-15-22)36-30(39)23-16-10-11-17-24(23)34-32(36)42/h4-17,20,25-27H,3,18-19H2,1-2H3,(H,33,38)(H,34,42)(H,35,37)(H,40,41)/t20-,25-,26-,27-/m0/s1. The third kappa shape index (κ3) is 7.01. The Kier molecular flexibility index (Phi) is 9.69. The molecule has 1 aromatic heterocycles. The van der Waals surface area contributed by atoms with E-state index in [4.69, 9.17) is 0 Å².